The standard InChI is InChI=1S/C31H41NO4/c1-20-17-23-12-10-16-26-28(34)18-21(2)31(35)32-30(26)25(15-7-5-4-6-11-22(3)33)27(23)19-29(20)36-24-13-8-9-14-24/h16-17,19,21,24-25H,4-15,18H2,1-3H3. The third-order valence-corrected chi connectivity index (χ3v) is 7.99. The summed E-state index contributed by atoms with van der Waals surface area (Å²) in [7, 11) is 0. The first kappa shape index (κ1) is 26.5. The SMILES string of the molecule is CC(=O)CCCCCCC1C2=NC(=O)C(C)CC(=O)C2=CCCc2cc(C)c(OC3CCCC3)cc21. The molecule has 2 atom stereocenters. The summed E-state index contributed by atoms with van der Waals surface area (Å²) in [6, 6.07) is 4.44. The molecule has 1 amide bonds. The Morgan fingerprint density at radius 3 is 2.58 bits per heavy atom. The minimum absolute atomic E-state index is 0.0385. The van der Waals surface area contributed by atoms with Gasteiger partial charge in [-0.3, -0.25) is 9.59 Å². The van der Waals surface area contributed by atoms with Crippen LogP contribution in [0.5, 0.6) is 5.75 Å². The number of rotatable bonds is 9. The summed E-state index contributed by atoms with van der Waals surface area (Å²) in [6.07, 6.45) is 14.1. The number of aliphatic imine (C=N–C) groups is 1. The molecule has 2 aliphatic carbocycles. The molecule has 0 radical (unpaired) electrons. The second-order valence-corrected chi connectivity index (χ2v) is 11.1. The highest BCUT2D eigenvalue weighted by Crippen LogP contribution is 2.39. The van der Waals surface area contributed by atoms with Gasteiger partial charge in [0.2, 0.25) is 5.91 Å². The van der Waals surface area contributed by atoms with E-state index >= 15 is 0 Å². The van der Waals surface area contributed by atoms with E-state index in [0.717, 1.165) is 74.7 Å². The molecule has 1 aliphatic heterocycles. The Bertz CT molecular complexity index is 1060. The predicted molar refractivity (Wildman–Crippen MR) is 143 cm³/mol. The lowest BCUT2D eigenvalue weighted by atomic mass is 9.78. The monoisotopic (exact) mass is 491 g/mol. The molecule has 1 aromatic rings. The van der Waals surface area contributed by atoms with Crippen LogP contribution in [0.4, 0.5) is 0 Å². The van der Waals surface area contributed by atoms with Crippen molar-refractivity contribution in [2.45, 2.75) is 116 Å². The van der Waals surface area contributed by atoms with Crippen LogP contribution in [0, 0.1) is 12.8 Å². The van der Waals surface area contributed by atoms with Crippen LogP contribution in [0.1, 0.15) is 114 Å². The molecule has 4 rings (SSSR count). The molecule has 0 saturated heterocycles. The first-order valence-electron chi connectivity index (χ1n) is 14.0. The minimum atomic E-state index is -0.384. The number of fused-ring (bicyclic) bond motifs is 2. The number of amides is 1. The number of aryl methyl sites for hydroxylation is 2. The van der Waals surface area contributed by atoms with E-state index < -0.39 is 0 Å². The number of carbonyl (C=O) groups is 3. The van der Waals surface area contributed by atoms with Gasteiger partial charge in [0.05, 0.1) is 11.8 Å². The molecule has 1 saturated carbocycles. The van der Waals surface area contributed by atoms with Crippen LogP contribution in [0.2, 0.25) is 0 Å². The lowest BCUT2D eigenvalue weighted by Crippen LogP contribution is -2.23. The normalized spacial score (nSPS) is 22.6. The fourth-order valence-corrected chi connectivity index (χ4v) is 5.90. The molecule has 3 aliphatic rings. The Morgan fingerprint density at radius 1 is 1.08 bits per heavy atom. The molecular formula is C31H41NO4. The Labute approximate surface area is 215 Å². The first-order valence-corrected chi connectivity index (χ1v) is 14.0. The van der Waals surface area contributed by atoms with Gasteiger partial charge in [-0.15, -0.1) is 0 Å². The number of hydrogen-bond acceptors (Lipinski definition) is 4. The number of carbonyl (C=O) groups excluding carboxylic acids is 3. The highest BCUT2D eigenvalue weighted by molar-refractivity contribution is 6.28. The average molecular weight is 492 g/mol. The van der Waals surface area contributed by atoms with Crippen molar-refractivity contribution < 1.29 is 19.1 Å². The van der Waals surface area contributed by atoms with Crippen molar-refractivity contribution in [1.29, 1.82) is 0 Å². The van der Waals surface area contributed by atoms with Gasteiger partial charge >= 0.3 is 0 Å². The number of allylic oxidation sites excluding steroid dienone is 2. The van der Waals surface area contributed by atoms with E-state index in [0.29, 0.717) is 17.7 Å². The van der Waals surface area contributed by atoms with Gasteiger partial charge in [0.15, 0.2) is 5.78 Å². The Balaban J connectivity index is 1.68. The van der Waals surface area contributed by atoms with Crippen LogP contribution in [-0.2, 0) is 20.8 Å². The van der Waals surface area contributed by atoms with Gasteiger partial charge in [0, 0.05) is 30.3 Å². The Kier molecular flexibility index (Phi) is 8.92. The fourth-order valence-electron chi connectivity index (χ4n) is 5.90. The van der Waals surface area contributed by atoms with Gasteiger partial charge < -0.3 is 9.53 Å². The molecular weight excluding hydrogens is 450 g/mol. The molecule has 1 fully saturated rings. The topological polar surface area (TPSA) is 72.8 Å². The maximum atomic E-state index is 13.2. The number of Topliss-reactive ketones (excluding diaryl/α,β-unsaturated/α-hetero) is 2. The van der Waals surface area contributed by atoms with Gasteiger partial charge in [-0.2, -0.15) is 0 Å². The van der Waals surface area contributed by atoms with Gasteiger partial charge in [-0.1, -0.05) is 38.3 Å². The van der Waals surface area contributed by atoms with Crippen molar-refractivity contribution in [3.63, 3.8) is 0 Å². The molecule has 2 unspecified atom stereocenters. The molecule has 194 valence electrons. The third-order valence-electron chi connectivity index (χ3n) is 7.99. The van der Waals surface area contributed by atoms with Crippen LogP contribution in [-0.4, -0.2) is 29.3 Å². The quantitative estimate of drug-likeness (QED) is 0.357. The second kappa shape index (κ2) is 12.1. The second-order valence-electron chi connectivity index (χ2n) is 11.1. The molecule has 1 heterocycles. The Hall–Kier alpha value is -2.56. The maximum Gasteiger partial charge on any atom is 0.249 e. The largest absolute Gasteiger partial charge is 0.490 e. The van der Waals surface area contributed by atoms with E-state index in [1.165, 1.54) is 18.4 Å². The molecule has 1 aromatic carbocycles. The first-order chi connectivity index (χ1) is 17.3. The van der Waals surface area contributed by atoms with E-state index in [2.05, 4.69) is 24.0 Å². The number of hydrogen-bond donors (Lipinski definition) is 0. The van der Waals surface area contributed by atoms with E-state index in [4.69, 9.17) is 4.74 Å². The molecule has 5 nitrogen and oxygen atoms in total. The van der Waals surface area contributed by atoms with Crippen molar-refractivity contribution >= 4 is 23.2 Å². The molecule has 5 heteroatoms. The van der Waals surface area contributed by atoms with Crippen molar-refractivity contribution in [2.75, 3.05) is 0 Å². The average Bonchev–Trinajstić information content (AvgIpc) is 3.31. The summed E-state index contributed by atoms with van der Waals surface area (Å²) in [4.78, 5) is 42.0. The summed E-state index contributed by atoms with van der Waals surface area (Å²) in [5, 5.41) is 0. The van der Waals surface area contributed by atoms with Crippen molar-refractivity contribution in [2.24, 2.45) is 10.9 Å². The third kappa shape index (κ3) is 6.41. The zero-order valence-corrected chi connectivity index (χ0v) is 22.2. The number of unbranched alkanes of at least 4 members (excludes halogenated alkanes) is 3. The summed E-state index contributed by atoms with van der Waals surface area (Å²) in [6.45, 7) is 5.57. The summed E-state index contributed by atoms with van der Waals surface area (Å²) in [5.74, 6) is 0.525. The molecule has 0 spiro atoms. The number of benzene rings is 1. The van der Waals surface area contributed by atoms with Crippen molar-refractivity contribution in [3.8, 4) is 5.75 Å². The van der Waals surface area contributed by atoms with Crippen molar-refractivity contribution in [1.82, 2.24) is 0 Å². The fraction of sp³-hybridized carbons (Fsp3) is 0.613. The zero-order valence-electron chi connectivity index (χ0n) is 22.2. The van der Waals surface area contributed by atoms with Gasteiger partial charge in [0.1, 0.15) is 11.5 Å². The van der Waals surface area contributed by atoms with Gasteiger partial charge in [-0.25, -0.2) is 4.99 Å². The number of nitrogens with zero attached hydrogens (tertiary/aromatic N) is 1. The predicted octanol–water partition coefficient (Wildman–Crippen LogP) is 6.78. The smallest absolute Gasteiger partial charge is 0.249 e. The van der Waals surface area contributed by atoms with Gasteiger partial charge in [0.25, 0.3) is 0 Å². The number of ketones is 2. The Morgan fingerprint density at radius 2 is 1.83 bits per heavy atom. The molecule has 0 aromatic heterocycles. The van der Waals surface area contributed by atoms with Crippen LogP contribution in [0.25, 0.3) is 0 Å². The zero-order chi connectivity index (χ0) is 25.7. The van der Waals surface area contributed by atoms with Crippen LogP contribution >= 0.6 is 0 Å². The van der Waals surface area contributed by atoms with Crippen molar-refractivity contribution in [3.05, 3.63) is 40.5 Å². The van der Waals surface area contributed by atoms with E-state index in [9.17, 15) is 14.4 Å². The highest BCUT2D eigenvalue weighted by Gasteiger charge is 2.34. The number of ether oxygens (including phenoxy) is 1. The minimum Gasteiger partial charge on any atom is -0.490 e. The summed E-state index contributed by atoms with van der Waals surface area (Å²) in [5.41, 5.74) is 4.89. The van der Waals surface area contributed by atoms with Gasteiger partial charge in [-0.05, 0) is 88.0 Å². The molecule has 0 N–H and O–H groups in total. The van der Waals surface area contributed by atoms with Crippen LogP contribution < -0.4 is 4.74 Å². The van der Waals surface area contributed by atoms with E-state index in [-0.39, 0.29) is 41.8 Å². The lowest BCUT2D eigenvalue weighted by Gasteiger charge is -2.27. The highest BCUT2D eigenvalue weighted by atomic mass is 16.5. The molecule has 0 bridgehead atoms. The summed E-state index contributed by atoms with van der Waals surface area (Å²) < 4.78 is 6.47. The van der Waals surface area contributed by atoms with E-state index in [1.54, 1.807) is 13.8 Å². The van der Waals surface area contributed by atoms with E-state index in [1.807, 2.05) is 6.08 Å². The van der Waals surface area contributed by atoms with Crippen LogP contribution in [0.3, 0.4) is 0 Å². The maximum absolute atomic E-state index is 13.2. The summed E-state index contributed by atoms with van der Waals surface area (Å²) >= 11 is 0. The van der Waals surface area contributed by atoms with Crippen LogP contribution in [0.15, 0.2) is 28.8 Å². The molecule has 36 heavy (non-hydrogen) atoms. The lowest BCUT2D eigenvalue weighted by molar-refractivity contribution is -0.124.